The fraction of sp³-hybridized carbons (Fsp3) is 0.667. The summed E-state index contributed by atoms with van der Waals surface area (Å²) in [5.41, 5.74) is 1.63. The number of aryl methyl sites for hydroxylation is 2. The van der Waals surface area contributed by atoms with Crippen LogP contribution in [-0.4, -0.2) is 6.54 Å². The maximum Gasteiger partial charge on any atom is 0.0424 e. The number of hydrogen-bond acceptors (Lipinski definition) is 2. The lowest BCUT2D eigenvalue weighted by Crippen LogP contribution is -2.21. The van der Waals surface area contributed by atoms with Crippen LogP contribution in [0.4, 0.5) is 0 Å². The van der Waals surface area contributed by atoms with Crippen LogP contribution in [-0.2, 0) is 12.8 Å². The molecule has 1 nitrogen and oxygen atoms in total. The van der Waals surface area contributed by atoms with Gasteiger partial charge in [0.15, 0.2) is 0 Å². The molecule has 0 spiro atoms. The van der Waals surface area contributed by atoms with E-state index in [-0.39, 0.29) is 0 Å². The van der Waals surface area contributed by atoms with E-state index in [4.69, 9.17) is 0 Å². The number of fused-ring (bicyclic) bond motifs is 1. The van der Waals surface area contributed by atoms with Crippen LogP contribution in [0.3, 0.4) is 0 Å². The molecule has 1 N–H and O–H groups in total. The molecule has 1 atom stereocenters. The number of hydrogen-bond donors (Lipinski definition) is 1. The van der Waals surface area contributed by atoms with Gasteiger partial charge in [0.1, 0.15) is 0 Å². The Labute approximate surface area is 128 Å². The van der Waals surface area contributed by atoms with Gasteiger partial charge in [-0.3, -0.25) is 0 Å². The Kier molecular flexibility index (Phi) is 6.63. The topological polar surface area (TPSA) is 12.0 Å². The second kappa shape index (κ2) is 8.49. The monoisotopic (exact) mass is 289 g/mol. The molecule has 1 unspecified atom stereocenters. The average molecular weight is 289 g/mol. The average Bonchev–Trinajstić information content (AvgIpc) is 2.73. The first-order valence-corrected chi connectivity index (χ1v) is 8.91. The summed E-state index contributed by atoms with van der Waals surface area (Å²) in [6.07, 6.45) is 10.1. The SMILES string of the molecule is CC#CCCC(NCCC)c1cc2c(s1)CCCCC2. The molecule has 1 aliphatic rings. The van der Waals surface area contributed by atoms with Crippen LogP contribution < -0.4 is 5.32 Å². The van der Waals surface area contributed by atoms with Crippen LogP contribution in [0.2, 0.25) is 0 Å². The molecular formula is C18H27NS. The van der Waals surface area contributed by atoms with Gasteiger partial charge in [-0.15, -0.1) is 23.2 Å². The van der Waals surface area contributed by atoms with Gasteiger partial charge < -0.3 is 5.32 Å². The number of nitrogens with one attached hydrogen (secondary N) is 1. The molecule has 1 aliphatic carbocycles. The van der Waals surface area contributed by atoms with Gasteiger partial charge in [0.05, 0.1) is 0 Å². The Balaban J connectivity index is 2.07. The zero-order chi connectivity index (χ0) is 14.2. The molecule has 2 heteroatoms. The summed E-state index contributed by atoms with van der Waals surface area (Å²) >= 11 is 2.05. The van der Waals surface area contributed by atoms with E-state index in [0.717, 1.165) is 19.4 Å². The molecule has 0 fully saturated rings. The summed E-state index contributed by atoms with van der Waals surface area (Å²) in [5.74, 6) is 6.22. The Morgan fingerprint density at radius 3 is 2.95 bits per heavy atom. The maximum absolute atomic E-state index is 3.71. The van der Waals surface area contributed by atoms with E-state index >= 15 is 0 Å². The largest absolute Gasteiger partial charge is 0.309 e. The van der Waals surface area contributed by atoms with Gasteiger partial charge in [-0.2, -0.15) is 0 Å². The second-order valence-electron chi connectivity index (χ2n) is 5.63. The van der Waals surface area contributed by atoms with Gasteiger partial charge in [0, 0.05) is 22.2 Å². The molecule has 20 heavy (non-hydrogen) atoms. The summed E-state index contributed by atoms with van der Waals surface area (Å²) < 4.78 is 0. The van der Waals surface area contributed by atoms with Gasteiger partial charge in [0.2, 0.25) is 0 Å². The Morgan fingerprint density at radius 2 is 2.15 bits per heavy atom. The maximum atomic E-state index is 3.71. The molecule has 1 aromatic rings. The van der Waals surface area contributed by atoms with Crippen LogP contribution in [0.15, 0.2) is 6.07 Å². The van der Waals surface area contributed by atoms with Gasteiger partial charge >= 0.3 is 0 Å². The number of thiophene rings is 1. The van der Waals surface area contributed by atoms with E-state index in [9.17, 15) is 0 Å². The normalized spacial score (nSPS) is 15.9. The fourth-order valence-electron chi connectivity index (χ4n) is 2.87. The number of rotatable bonds is 6. The zero-order valence-corrected chi connectivity index (χ0v) is 13.7. The Morgan fingerprint density at radius 1 is 1.30 bits per heavy atom. The first kappa shape index (κ1) is 15.6. The minimum atomic E-state index is 0.507. The molecule has 0 aromatic carbocycles. The predicted octanol–water partition coefficient (Wildman–Crippen LogP) is 4.86. The van der Waals surface area contributed by atoms with Crippen LogP contribution in [0.5, 0.6) is 0 Å². The van der Waals surface area contributed by atoms with Crippen LogP contribution in [0.1, 0.15) is 73.7 Å². The summed E-state index contributed by atoms with van der Waals surface area (Å²) in [4.78, 5) is 3.20. The van der Waals surface area contributed by atoms with Gasteiger partial charge in [-0.25, -0.2) is 0 Å². The zero-order valence-electron chi connectivity index (χ0n) is 12.9. The molecule has 0 saturated heterocycles. The van der Waals surface area contributed by atoms with Gasteiger partial charge in [0.25, 0.3) is 0 Å². The van der Waals surface area contributed by atoms with E-state index in [1.807, 2.05) is 6.92 Å². The van der Waals surface area contributed by atoms with Crippen molar-refractivity contribution in [1.29, 1.82) is 0 Å². The lowest BCUT2D eigenvalue weighted by molar-refractivity contribution is 0.512. The fourth-order valence-corrected chi connectivity index (χ4v) is 4.23. The molecular weight excluding hydrogens is 262 g/mol. The standard InChI is InChI=1S/C18H27NS/c1-3-5-7-11-16(19-13-4-2)18-14-15-10-8-6-9-12-17(15)20-18/h14,16,19H,4,6-13H2,1-2H3. The molecule has 0 saturated carbocycles. The highest BCUT2D eigenvalue weighted by molar-refractivity contribution is 7.12. The molecule has 0 bridgehead atoms. The Bertz CT molecular complexity index is 440. The van der Waals surface area contributed by atoms with Crippen molar-refractivity contribution in [2.45, 2.75) is 71.3 Å². The molecule has 1 heterocycles. The lowest BCUT2D eigenvalue weighted by Gasteiger charge is -2.16. The third-order valence-corrected chi connectivity index (χ3v) is 5.34. The van der Waals surface area contributed by atoms with Crippen molar-refractivity contribution in [1.82, 2.24) is 5.32 Å². The van der Waals surface area contributed by atoms with E-state index in [1.165, 1.54) is 38.5 Å². The molecule has 0 radical (unpaired) electrons. The van der Waals surface area contributed by atoms with E-state index in [1.54, 1.807) is 15.3 Å². The minimum absolute atomic E-state index is 0.507. The second-order valence-corrected chi connectivity index (χ2v) is 6.80. The van der Waals surface area contributed by atoms with E-state index in [2.05, 4.69) is 41.5 Å². The molecule has 110 valence electrons. The predicted molar refractivity (Wildman–Crippen MR) is 89.3 cm³/mol. The molecule has 2 rings (SSSR count). The van der Waals surface area contributed by atoms with Gasteiger partial charge in [-0.1, -0.05) is 13.3 Å². The molecule has 0 aliphatic heterocycles. The van der Waals surface area contributed by atoms with Crippen molar-refractivity contribution in [3.63, 3.8) is 0 Å². The first-order valence-electron chi connectivity index (χ1n) is 8.09. The summed E-state index contributed by atoms with van der Waals surface area (Å²) in [6, 6.07) is 2.99. The molecule has 1 aromatic heterocycles. The van der Waals surface area contributed by atoms with Gasteiger partial charge in [-0.05, 0) is 63.6 Å². The lowest BCUT2D eigenvalue weighted by atomic mass is 10.1. The van der Waals surface area contributed by atoms with E-state index in [0.29, 0.717) is 6.04 Å². The third kappa shape index (κ3) is 4.36. The minimum Gasteiger partial charge on any atom is -0.309 e. The summed E-state index contributed by atoms with van der Waals surface area (Å²) in [6.45, 7) is 5.27. The van der Waals surface area contributed by atoms with Crippen molar-refractivity contribution >= 4 is 11.3 Å². The van der Waals surface area contributed by atoms with E-state index < -0.39 is 0 Å². The first-order chi connectivity index (χ1) is 9.85. The van der Waals surface area contributed by atoms with Crippen molar-refractivity contribution in [2.75, 3.05) is 6.54 Å². The van der Waals surface area contributed by atoms with Crippen molar-refractivity contribution < 1.29 is 0 Å². The van der Waals surface area contributed by atoms with Crippen LogP contribution >= 0.6 is 11.3 Å². The highest BCUT2D eigenvalue weighted by atomic mass is 32.1. The smallest absolute Gasteiger partial charge is 0.0424 e. The van der Waals surface area contributed by atoms with Crippen molar-refractivity contribution in [3.05, 3.63) is 21.4 Å². The highest BCUT2D eigenvalue weighted by Crippen LogP contribution is 2.33. The van der Waals surface area contributed by atoms with Crippen molar-refractivity contribution in [2.24, 2.45) is 0 Å². The van der Waals surface area contributed by atoms with Crippen LogP contribution in [0, 0.1) is 11.8 Å². The molecule has 0 amide bonds. The summed E-state index contributed by atoms with van der Waals surface area (Å²) in [7, 11) is 0. The van der Waals surface area contributed by atoms with Crippen molar-refractivity contribution in [3.8, 4) is 11.8 Å². The Hall–Kier alpha value is -0.780. The highest BCUT2D eigenvalue weighted by Gasteiger charge is 2.17. The third-order valence-electron chi connectivity index (χ3n) is 3.98. The summed E-state index contributed by atoms with van der Waals surface area (Å²) in [5, 5.41) is 3.71. The quantitative estimate of drug-likeness (QED) is 0.582. The van der Waals surface area contributed by atoms with Crippen LogP contribution in [0.25, 0.3) is 0 Å².